The lowest BCUT2D eigenvalue weighted by Crippen LogP contribution is -2.45. The van der Waals surface area contributed by atoms with E-state index in [1.54, 1.807) is 0 Å². The Hall–Kier alpha value is -2.57. The normalized spacial score (nSPS) is 16.8. The van der Waals surface area contributed by atoms with Gasteiger partial charge in [-0.15, -0.1) is 0 Å². The first kappa shape index (κ1) is 21.7. The Morgan fingerprint density at radius 1 is 1.19 bits per heavy atom. The molecule has 0 bridgehead atoms. The number of para-hydroxylation sites is 2. The molecule has 7 heteroatoms. The van der Waals surface area contributed by atoms with Gasteiger partial charge in [-0.2, -0.15) is 0 Å². The third-order valence-corrected chi connectivity index (χ3v) is 6.32. The third-order valence-electron chi connectivity index (χ3n) is 5.99. The van der Waals surface area contributed by atoms with Crippen LogP contribution in [0.5, 0.6) is 0 Å². The van der Waals surface area contributed by atoms with Crippen molar-refractivity contribution in [2.45, 2.75) is 12.8 Å². The molecule has 3 aromatic rings. The predicted octanol–water partition coefficient (Wildman–Crippen LogP) is 4.12. The molecule has 2 aromatic carbocycles. The van der Waals surface area contributed by atoms with Crippen LogP contribution < -0.4 is 4.90 Å². The number of aromatic amines is 1. The SMILES string of the molecule is CN(C)CCN(C)C(=O)C1CCCN(c2ccc(Cl)c(-c3nc4ccccc4[nH]3)c2)C1. The number of carbonyl (C=O) groups is 1. The number of imidazole rings is 1. The third kappa shape index (κ3) is 4.86. The van der Waals surface area contributed by atoms with Crippen LogP contribution in [0, 0.1) is 5.92 Å². The molecule has 6 nitrogen and oxygen atoms in total. The zero-order chi connectivity index (χ0) is 22.0. The van der Waals surface area contributed by atoms with E-state index in [4.69, 9.17) is 16.6 Å². The standard InChI is InChI=1S/C24H30ClN5O/c1-28(2)13-14-29(3)24(31)17-7-6-12-30(16-17)18-10-11-20(25)19(15-18)23-26-21-8-4-5-9-22(21)27-23/h4-5,8-11,15,17H,6-7,12-14,16H2,1-3H3,(H,26,27). The van der Waals surface area contributed by atoms with Gasteiger partial charge in [-0.25, -0.2) is 4.98 Å². The van der Waals surface area contributed by atoms with E-state index >= 15 is 0 Å². The summed E-state index contributed by atoms with van der Waals surface area (Å²) in [6, 6.07) is 14.0. The van der Waals surface area contributed by atoms with E-state index in [2.05, 4.69) is 20.9 Å². The van der Waals surface area contributed by atoms with E-state index in [1.807, 2.05) is 62.4 Å². The average Bonchev–Trinajstić information content (AvgIpc) is 3.21. The van der Waals surface area contributed by atoms with Gasteiger partial charge in [0, 0.05) is 44.5 Å². The Bertz CT molecular complexity index is 1030. The maximum Gasteiger partial charge on any atom is 0.227 e. The molecule has 1 aliphatic heterocycles. The van der Waals surface area contributed by atoms with E-state index in [-0.39, 0.29) is 11.8 Å². The molecule has 0 aliphatic carbocycles. The Morgan fingerprint density at radius 3 is 2.77 bits per heavy atom. The Labute approximate surface area is 188 Å². The van der Waals surface area contributed by atoms with Crippen molar-refractivity contribution in [3.63, 3.8) is 0 Å². The fourth-order valence-electron chi connectivity index (χ4n) is 4.16. The molecule has 1 unspecified atom stereocenters. The van der Waals surface area contributed by atoms with Gasteiger partial charge in [-0.05, 0) is 57.3 Å². The van der Waals surface area contributed by atoms with E-state index in [0.29, 0.717) is 5.02 Å². The first-order valence-electron chi connectivity index (χ1n) is 10.8. The van der Waals surface area contributed by atoms with Gasteiger partial charge in [-0.3, -0.25) is 4.79 Å². The van der Waals surface area contributed by atoms with Crippen LogP contribution in [-0.2, 0) is 4.79 Å². The number of hydrogen-bond donors (Lipinski definition) is 1. The monoisotopic (exact) mass is 439 g/mol. The molecular weight excluding hydrogens is 410 g/mol. The number of benzene rings is 2. The lowest BCUT2D eigenvalue weighted by atomic mass is 9.96. The number of carbonyl (C=O) groups excluding carboxylic acids is 1. The van der Waals surface area contributed by atoms with Crippen molar-refractivity contribution in [1.29, 1.82) is 0 Å². The molecular formula is C24H30ClN5O. The summed E-state index contributed by atoms with van der Waals surface area (Å²) in [6.45, 7) is 3.29. The molecule has 4 rings (SSSR count). The number of hydrogen-bond acceptors (Lipinski definition) is 4. The van der Waals surface area contributed by atoms with Crippen molar-refractivity contribution in [1.82, 2.24) is 19.8 Å². The van der Waals surface area contributed by atoms with E-state index in [1.165, 1.54) is 0 Å². The molecule has 164 valence electrons. The fourth-order valence-corrected chi connectivity index (χ4v) is 4.36. The zero-order valence-electron chi connectivity index (χ0n) is 18.4. The molecule has 1 N–H and O–H groups in total. The number of anilines is 1. The quantitative estimate of drug-likeness (QED) is 0.627. The van der Waals surface area contributed by atoms with E-state index in [0.717, 1.165) is 67.1 Å². The summed E-state index contributed by atoms with van der Waals surface area (Å²) in [7, 11) is 5.97. The maximum atomic E-state index is 13.0. The van der Waals surface area contributed by atoms with Crippen LogP contribution in [0.3, 0.4) is 0 Å². The van der Waals surface area contributed by atoms with Gasteiger partial charge in [0.15, 0.2) is 0 Å². The van der Waals surface area contributed by atoms with Crippen LogP contribution in [0.4, 0.5) is 5.69 Å². The first-order valence-corrected chi connectivity index (χ1v) is 11.2. The van der Waals surface area contributed by atoms with Gasteiger partial charge in [0.1, 0.15) is 5.82 Å². The van der Waals surface area contributed by atoms with E-state index < -0.39 is 0 Å². The van der Waals surface area contributed by atoms with Crippen molar-refractivity contribution in [3.8, 4) is 11.4 Å². The number of amides is 1. The van der Waals surface area contributed by atoms with Gasteiger partial charge in [0.05, 0.1) is 22.0 Å². The summed E-state index contributed by atoms with van der Waals surface area (Å²) in [5.74, 6) is 1.02. The van der Waals surface area contributed by atoms with Gasteiger partial charge in [-0.1, -0.05) is 23.7 Å². The second-order valence-electron chi connectivity index (χ2n) is 8.61. The highest BCUT2D eigenvalue weighted by Crippen LogP contribution is 2.33. The first-order chi connectivity index (χ1) is 14.9. The number of fused-ring (bicyclic) bond motifs is 1. The second kappa shape index (κ2) is 9.28. The fraction of sp³-hybridized carbons (Fsp3) is 0.417. The van der Waals surface area contributed by atoms with Crippen molar-refractivity contribution in [2.75, 3.05) is 52.2 Å². The number of halogens is 1. The van der Waals surface area contributed by atoms with Crippen molar-refractivity contribution >= 4 is 34.2 Å². The minimum atomic E-state index is 0.0197. The topological polar surface area (TPSA) is 55.5 Å². The molecule has 1 aromatic heterocycles. The molecule has 0 saturated carbocycles. The van der Waals surface area contributed by atoms with Crippen LogP contribution in [-0.4, -0.2) is 73.0 Å². The predicted molar refractivity (Wildman–Crippen MR) is 128 cm³/mol. The number of nitrogens with one attached hydrogen (secondary N) is 1. The van der Waals surface area contributed by atoms with Gasteiger partial charge in [0.2, 0.25) is 5.91 Å². The highest BCUT2D eigenvalue weighted by atomic mass is 35.5. The molecule has 1 aliphatic rings. The molecule has 2 heterocycles. The van der Waals surface area contributed by atoms with Crippen LogP contribution >= 0.6 is 11.6 Å². The summed E-state index contributed by atoms with van der Waals surface area (Å²) >= 11 is 6.53. The summed E-state index contributed by atoms with van der Waals surface area (Å²) < 4.78 is 0. The smallest absolute Gasteiger partial charge is 0.227 e. The second-order valence-corrected chi connectivity index (χ2v) is 9.02. The number of likely N-dealkylation sites (N-methyl/N-ethyl adjacent to an activating group) is 2. The number of piperidine rings is 1. The van der Waals surface area contributed by atoms with Crippen molar-refractivity contribution < 1.29 is 4.79 Å². The van der Waals surface area contributed by atoms with Crippen molar-refractivity contribution in [3.05, 3.63) is 47.5 Å². The Morgan fingerprint density at radius 2 is 2.00 bits per heavy atom. The Kier molecular flexibility index (Phi) is 6.49. The summed E-state index contributed by atoms with van der Waals surface area (Å²) in [5.41, 5.74) is 3.87. The summed E-state index contributed by atoms with van der Waals surface area (Å²) in [4.78, 5) is 27.3. The van der Waals surface area contributed by atoms with Crippen LogP contribution in [0.2, 0.25) is 5.02 Å². The number of H-pyrrole nitrogens is 1. The molecule has 0 spiro atoms. The van der Waals surface area contributed by atoms with E-state index in [9.17, 15) is 4.79 Å². The average molecular weight is 440 g/mol. The number of aromatic nitrogens is 2. The van der Waals surface area contributed by atoms with Crippen LogP contribution in [0.15, 0.2) is 42.5 Å². The molecule has 0 radical (unpaired) electrons. The molecule has 1 fully saturated rings. The maximum absolute atomic E-state index is 13.0. The highest BCUT2D eigenvalue weighted by molar-refractivity contribution is 6.33. The Balaban J connectivity index is 1.53. The van der Waals surface area contributed by atoms with Gasteiger partial charge >= 0.3 is 0 Å². The summed E-state index contributed by atoms with van der Waals surface area (Å²) in [5, 5.41) is 0.663. The highest BCUT2D eigenvalue weighted by Gasteiger charge is 2.28. The number of nitrogens with zero attached hydrogens (tertiary/aromatic N) is 4. The number of rotatable bonds is 6. The van der Waals surface area contributed by atoms with Gasteiger partial charge < -0.3 is 19.7 Å². The van der Waals surface area contributed by atoms with Crippen molar-refractivity contribution in [2.24, 2.45) is 5.92 Å². The molecule has 1 atom stereocenters. The lowest BCUT2D eigenvalue weighted by Gasteiger charge is -2.35. The zero-order valence-corrected chi connectivity index (χ0v) is 19.2. The summed E-state index contributed by atoms with van der Waals surface area (Å²) in [6.07, 6.45) is 1.94. The minimum Gasteiger partial charge on any atom is -0.371 e. The molecule has 1 amide bonds. The largest absolute Gasteiger partial charge is 0.371 e. The molecule has 1 saturated heterocycles. The van der Waals surface area contributed by atoms with Crippen LogP contribution in [0.1, 0.15) is 12.8 Å². The van der Waals surface area contributed by atoms with Gasteiger partial charge in [0.25, 0.3) is 0 Å². The molecule has 31 heavy (non-hydrogen) atoms. The lowest BCUT2D eigenvalue weighted by molar-refractivity contribution is -0.134. The van der Waals surface area contributed by atoms with Crippen LogP contribution in [0.25, 0.3) is 22.4 Å². The minimum absolute atomic E-state index is 0.0197.